The fourth-order valence-electron chi connectivity index (χ4n) is 3.98. The van der Waals surface area contributed by atoms with Crippen molar-refractivity contribution in [3.05, 3.63) is 51.0 Å². The van der Waals surface area contributed by atoms with Gasteiger partial charge < -0.3 is 19.0 Å². The molecule has 2 N–H and O–H groups in total. The molecular formula is C20H24O5. The molecule has 5 nitrogen and oxygen atoms in total. The molecule has 0 saturated heterocycles. The van der Waals surface area contributed by atoms with Gasteiger partial charge in [0.25, 0.3) is 0 Å². The molecule has 1 fully saturated rings. The molecule has 25 heavy (non-hydrogen) atoms. The number of hydrogen-bond acceptors (Lipinski definition) is 5. The van der Waals surface area contributed by atoms with E-state index in [9.17, 15) is 15.0 Å². The molecule has 4 rings (SSSR count). The molecule has 134 valence electrons. The quantitative estimate of drug-likeness (QED) is 0.885. The number of fused-ring (bicyclic) bond motifs is 1. The van der Waals surface area contributed by atoms with E-state index in [0.717, 1.165) is 50.5 Å². The van der Waals surface area contributed by atoms with E-state index in [1.807, 2.05) is 0 Å². The summed E-state index contributed by atoms with van der Waals surface area (Å²) in [4.78, 5) is 12.7. The van der Waals surface area contributed by atoms with Gasteiger partial charge in [-0.3, -0.25) is 0 Å². The zero-order valence-corrected chi connectivity index (χ0v) is 14.3. The standard InChI is InChI=1S/C20H24O5/c21-11-13-9-10-16(24-13)17(12-7-8-12)18-19(22)14-5-3-1-2-4-6-15(14)25-20(18)23/h9-10,12,17,21-22H,1-8,11H2. The highest BCUT2D eigenvalue weighted by Crippen LogP contribution is 2.49. The third-order valence-electron chi connectivity index (χ3n) is 5.44. The average Bonchev–Trinajstić information content (AvgIpc) is 3.30. The Labute approximate surface area is 146 Å². The fraction of sp³-hybridized carbons (Fsp3) is 0.550. The summed E-state index contributed by atoms with van der Waals surface area (Å²) in [6.45, 7) is -0.178. The van der Waals surface area contributed by atoms with E-state index in [4.69, 9.17) is 8.83 Å². The van der Waals surface area contributed by atoms with Gasteiger partial charge in [0, 0.05) is 12.0 Å². The lowest BCUT2D eigenvalue weighted by Crippen LogP contribution is -2.18. The van der Waals surface area contributed by atoms with Crippen LogP contribution in [0.25, 0.3) is 0 Å². The van der Waals surface area contributed by atoms with Crippen molar-refractivity contribution in [2.75, 3.05) is 0 Å². The number of hydrogen-bond donors (Lipinski definition) is 2. The minimum absolute atomic E-state index is 0.104. The highest BCUT2D eigenvalue weighted by molar-refractivity contribution is 5.45. The van der Waals surface area contributed by atoms with Gasteiger partial charge in [0.15, 0.2) is 0 Å². The number of aliphatic hydroxyl groups excluding tert-OH is 1. The molecule has 2 heterocycles. The third kappa shape index (κ3) is 3.13. The van der Waals surface area contributed by atoms with Crippen molar-refractivity contribution in [3.8, 4) is 5.75 Å². The first kappa shape index (κ1) is 16.5. The topological polar surface area (TPSA) is 83.8 Å². The zero-order valence-electron chi connectivity index (χ0n) is 14.3. The Balaban J connectivity index is 1.82. The summed E-state index contributed by atoms with van der Waals surface area (Å²) in [5.41, 5.74) is 0.685. The first-order valence-corrected chi connectivity index (χ1v) is 9.26. The smallest absolute Gasteiger partial charge is 0.343 e. The van der Waals surface area contributed by atoms with Crippen LogP contribution in [-0.4, -0.2) is 10.2 Å². The van der Waals surface area contributed by atoms with Crippen LogP contribution in [0.3, 0.4) is 0 Å². The van der Waals surface area contributed by atoms with Gasteiger partial charge in [0.1, 0.15) is 29.6 Å². The Kier molecular flexibility index (Phi) is 4.42. The van der Waals surface area contributed by atoms with Crippen LogP contribution in [-0.2, 0) is 19.4 Å². The molecule has 0 amide bonds. The first-order chi connectivity index (χ1) is 12.2. The second-order valence-electron chi connectivity index (χ2n) is 7.25. The largest absolute Gasteiger partial charge is 0.507 e. The van der Waals surface area contributed by atoms with Crippen LogP contribution < -0.4 is 5.63 Å². The Hall–Kier alpha value is -2.01. The van der Waals surface area contributed by atoms with Crippen LogP contribution in [0.5, 0.6) is 5.75 Å². The van der Waals surface area contributed by atoms with Gasteiger partial charge in [0.2, 0.25) is 0 Å². The summed E-state index contributed by atoms with van der Waals surface area (Å²) in [6, 6.07) is 3.52. The minimum atomic E-state index is -0.448. The van der Waals surface area contributed by atoms with Crippen LogP contribution in [0.15, 0.2) is 25.8 Å². The SMILES string of the molecule is O=c1oc2c(c(O)c1C(c1ccc(CO)o1)C1CC1)CCCCCC2. The number of aromatic hydroxyl groups is 1. The molecule has 1 saturated carbocycles. The lowest BCUT2D eigenvalue weighted by atomic mass is 9.88. The van der Waals surface area contributed by atoms with Gasteiger partial charge in [-0.05, 0) is 50.2 Å². The first-order valence-electron chi connectivity index (χ1n) is 9.26. The maximum absolute atomic E-state index is 12.7. The van der Waals surface area contributed by atoms with Crippen LogP contribution in [0.2, 0.25) is 0 Å². The monoisotopic (exact) mass is 344 g/mol. The highest BCUT2D eigenvalue weighted by atomic mass is 16.4. The molecule has 0 aliphatic heterocycles. The second kappa shape index (κ2) is 6.71. The molecule has 2 aliphatic rings. The van der Waals surface area contributed by atoms with Crippen molar-refractivity contribution in [3.63, 3.8) is 0 Å². The van der Waals surface area contributed by atoms with Crippen molar-refractivity contribution in [1.82, 2.24) is 0 Å². The zero-order chi connectivity index (χ0) is 17.4. The van der Waals surface area contributed by atoms with E-state index in [1.165, 1.54) is 0 Å². The summed E-state index contributed by atoms with van der Waals surface area (Å²) >= 11 is 0. The molecule has 2 aromatic heterocycles. The van der Waals surface area contributed by atoms with E-state index >= 15 is 0 Å². The Bertz CT molecular complexity index is 812. The third-order valence-corrected chi connectivity index (χ3v) is 5.44. The van der Waals surface area contributed by atoms with E-state index in [0.29, 0.717) is 29.3 Å². The molecule has 0 bridgehead atoms. The van der Waals surface area contributed by atoms with Crippen LogP contribution in [0, 0.1) is 5.92 Å². The van der Waals surface area contributed by atoms with E-state index < -0.39 is 5.63 Å². The summed E-state index contributed by atoms with van der Waals surface area (Å²) < 4.78 is 11.4. The average molecular weight is 344 g/mol. The maximum Gasteiger partial charge on any atom is 0.343 e. The predicted octanol–water partition coefficient (Wildman–Crippen LogP) is 3.63. The van der Waals surface area contributed by atoms with Gasteiger partial charge in [-0.25, -0.2) is 4.79 Å². The normalized spacial score (nSPS) is 19.1. The van der Waals surface area contributed by atoms with E-state index in [2.05, 4.69) is 0 Å². The second-order valence-corrected chi connectivity index (χ2v) is 7.25. The van der Waals surface area contributed by atoms with Crippen LogP contribution in [0.4, 0.5) is 0 Å². The van der Waals surface area contributed by atoms with Crippen molar-refractivity contribution < 1.29 is 19.0 Å². The number of aliphatic hydroxyl groups is 1. The van der Waals surface area contributed by atoms with Crippen molar-refractivity contribution >= 4 is 0 Å². The molecule has 2 aromatic rings. The molecular weight excluding hydrogens is 320 g/mol. The lowest BCUT2D eigenvalue weighted by Gasteiger charge is -2.19. The van der Waals surface area contributed by atoms with Gasteiger partial charge in [0.05, 0.1) is 11.5 Å². The molecule has 5 heteroatoms. The van der Waals surface area contributed by atoms with Crippen molar-refractivity contribution in [2.24, 2.45) is 5.92 Å². The van der Waals surface area contributed by atoms with Gasteiger partial charge >= 0.3 is 5.63 Å². The highest BCUT2D eigenvalue weighted by Gasteiger charge is 2.40. The number of furan rings is 1. The van der Waals surface area contributed by atoms with Gasteiger partial charge in [-0.15, -0.1) is 0 Å². The van der Waals surface area contributed by atoms with Crippen molar-refractivity contribution in [1.29, 1.82) is 0 Å². The van der Waals surface area contributed by atoms with Crippen LogP contribution in [0.1, 0.15) is 72.9 Å². The lowest BCUT2D eigenvalue weighted by molar-refractivity contribution is 0.241. The van der Waals surface area contributed by atoms with E-state index in [1.54, 1.807) is 12.1 Å². The Morgan fingerprint density at radius 2 is 1.84 bits per heavy atom. The summed E-state index contributed by atoms with van der Waals surface area (Å²) in [5, 5.41) is 20.2. The number of rotatable bonds is 4. The minimum Gasteiger partial charge on any atom is -0.507 e. The molecule has 2 aliphatic carbocycles. The van der Waals surface area contributed by atoms with E-state index in [-0.39, 0.29) is 24.2 Å². The maximum atomic E-state index is 12.7. The Morgan fingerprint density at radius 1 is 1.08 bits per heavy atom. The van der Waals surface area contributed by atoms with Crippen molar-refractivity contribution in [2.45, 2.75) is 63.9 Å². The summed E-state index contributed by atoms with van der Waals surface area (Å²) in [7, 11) is 0. The van der Waals surface area contributed by atoms with Gasteiger partial charge in [-0.2, -0.15) is 0 Å². The summed E-state index contributed by atoms with van der Waals surface area (Å²) in [6.07, 6.45) is 7.70. The van der Waals surface area contributed by atoms with Gasteiger partial charge in [-0.1, -0.05) is 12.8 Å². The molecule has 0 aromatic carbocycles. The fourth-order valence-corrected chi connectivity index (χ4v) is 3.98. The molecule has 1 atom stereocenters. The molecule has 0 spiro atoms. The predicted molar refractivity (Wildman–Crippen MR) is 91.7 cm³/mol. The number of aryl methyl sites for hydroxylation is 1. The summed E-state index contributed by atoms with van der Waals surface area (Å²) in [5.74, 6) is 1.82. The Morgan fingerprint density at radius 3 is 2.52 bits per heavy atom. The van der Waals surface area contributed by atoms with Crippen LogP contribution >= 0.6 is 0 Å². The molecule has 1 unspecified atom stereocenters. The molecule has 0 radical (unpaired) electrons.